The summed E-state index contributed by atoms with van der Waals surface area (Å²) in [6, 6.07) is 12.7. The Bertz CT molecular complexity index is 1020. The van der Waals surface area contributed by atoms with E-state index in [-0.39, 0.29) is 17.5 Å². The molecule has 0 atom stereocenters. The quantitative estimate of drug-likeness (QED) is 0.511. The fourth-order valence-corrected chi connectivity index (χ4v) is 5.20. The van der Waals surface area contributed by atoms with Gasteiger partial charge >= 0.3 is 0 Å². The molecule has 0 aliphatic carbocycles. The molecular formula is C22H22N4O2S2. The first kappa shape index (κ1) is 20.6. The number of piperidine rings is 1. The zero-order valence-corrected chi connectivity index (χ0v) is 18.3. The van der Waals surface area contributed by atoms with E-state index in [2.05, 4.69) is 40.2 Å². The maximum absolute atomic E-state index is 12.4. The highest BCUT2D eigenvalue weighted by Gasteiger charge is 2.32. The third-order valence-electron chi connectivity index (χ3n) is 5.45. The van der Waals surface area contributed by atoms with Crippen LogP contribution in [0.3, 0.4) is 0 Å². The van der Waals surface area contributed by atoms with Gasteiger partial charge in [-0.2, -0.15) is 10.2 Å². The van der Waals surface area contributed by atoms with Crippen LogP contribution in [0.1, 0.15) is 36.9 Å². The maximum Gasteiger partial charge on any atom is 0.266 e. The second-order valence-electron chi connectivity index (χ2n) is 7.36. The average molecular weight is 439 g/mol. The van der Waals surface area contributed by atoms with E-state index in [1.807, 2.05) is 13.0 Å². The molecule has 2 saturated heterocycles. The minimum atomic E-state index is -0.146. The van der Waals surface area contributed by atoms with Gasteiger partial charge in [-0.1, -0.05) is 54.3 Å². The Morgan fingerprint density at radius 1 is 1.33 bits per heavy atom. The number of thioether (sulfide) groups is 1. The molecule has 2 aromatic rings. The molecule has 8 heteroatoms. The summed E-state index contributed by atoms with van der Waals surface area (Å²) in [5.41, 5.74) is 1.62. The third kappa shape index (κ3) is 4.27. The summed E-state index contributed by atoms with van der Waals surface area (Å²) in [5.74, 6) is 1.23. The number of likely N-dealkylation sites (N-methyl/N-ethyl adjacent to an activating group) is 1. The molecule has 1 aromatic heterocycles. The standard InChI is InChI=1S/C22H22N4O2S2/c1-2-26-20(27)18(30-22(26)29)13-19-24-17(14-23)21(28-19)25-10-8-16(9-11-25)12-15-6-4-3-5-7-15/h3-7,13,16H,2,8-12H2,1H3/b18-13+. The van der Waals surface area contributed by atoms with E-state index in [1.165, 1.54) is 17.3 Å². The molecule has 2 fully saturated rings. The first-order valence-corrected chi connectivity index (χ1v) is 11.3. The monoisotopic (exact) mass is 438 g/mol. The molecule has 1 aromatic carbocycles. The molecule has 30 heavy (non-hydrogen) atoms. The van der Waals surface area contributed by atoms with Crippen LogP contribution in [0.5, 0.6) is 0 Å². The summed E-state index contributed by atoms with van der Waals surface area (Å²) < 4.78 is 6.43. The summed E-state index contributed by atoms with van der Waals surface area (Å²) in [6.45, 7) is 4.05. The lowest BCUT2D eigenvalue weighted by atomic mass is 9.90. The van der Waals surface area contributed by atoms with Crippen molar-refractivity contribution in [1.29, 1.82) is 5.26 Å². The molecule has 0 N–H and O–H groups in total. The first-order valence-electron chi connectivity index (χ1n) is 10.0. The molecule has 2 aliphatic heterocycles. The van der Waals surface area contributed by atoms with Crippen molar-refractivity contribution in [2.45, 2.75) is 26.2 Å². The highest BCUT2D eigenvalue weighted by molar-refractivity contribution is 8.26. The van der Waals surface area contributed by atoms with Crippen molar-refractivity contribution in [3.8, 4) is 6.07 Å². The Morgan fingerprint density at radius 3 is 2.70 bits per heavy atom. The molecule has 0 radical (unpaired) electrons. The van der Waals surface area contributed by atoms with Gasteiger partial charge < -0.3 is 9.32 Å². The predicted molar refractivity (Wildman–Crippen MR) is 122 cm³/mol. The molecule has 0 bridgehead atoms. The van der Waals surface area contributed by atoms with E-state index in [1.54, 1.807) is 11.0 Å². The smallest absolute Gasteiger partial charge is 0.266 e. The number of carbonyl (C=O) groups excluding carboxylic acids is 1. The first-order chi connectivity index (χ1) is 14.6. The number of benzene rings is 1. The molecule has 6 nitrogen and oxygen atoms in total. The van der Waals surface area contributed by atoms with Crippen LogP contribution in [0, 0.1) is 17.2 Å². The Kier molecular flexibility index (Phi) is 6.21. The summed E-state index contributed by atoms with van der Waals surface area (Å²) in [7, 11) is 0. The van der Waals surface area contributed by atoms with Crippen molar-refractivity contribution in [2.24, 2.45) is 5.92 Å². The lowest BCUT2D eigenvalue weighted by molar-refractivity contribution is -0.122. The van der Waals surface area contributed by atoms with Gasteiger partial charge in [0.15, 0.2) is 0 Å². The fraction of sp³-hybridized carbons (Fsp3) is 0.364. The van der Waals surface area contributed by atoms with E-state index < -0.39 is 0 Å². The largest absolute Gasteiger partial charge is 0.420 e. The molecule has 1 amide bonds. The van der Waals surface area contributed by atoms with Crippen LogP contribution in [0.4, 0.5) is 5.88 Å². The molecule has 0 spiro atoms. The molecule has 3 heterocycles. The van der Waals surface area contributed by atoms with Crippen molar-refractivity contribution in [3.63, 3.8) is 0 Å². The molecule has 0 unspecified atom stereocenters. The number of thiocarbonyl (C=S) groups is 1. The minimum absolute atomic E-state index is 0.146. The maximum atomic E-state index is 12.4. The Morgan fingerprint density at radius 2 is 2.07 bits per heavy atom. The number of anilines is 1. The van der Waals surface area contributed by atoms with E-state index in [9.17, 15) is 10.1 Å². The van der Waals surface area contributed by atoms with Gasteiger partial charge in [0.1, 0.15) is 10.4 Å². The number of rotatable bonds is 5. The second-order valence-corrected chi connectivity index (χ2v) is 9.04. The van der Waals surface area contributed by atoms with E-state index in [0.29, 0.717) is 27.6 Å². The summed E-state index contributed by atoms with van der Waals surface area (Å²) in [5, 5.41) is 9.52. The lowest BCUT2D eigenvalue weighted by Gasteiger charge is -2.31. The average Bonchev–Trinajstić information content (AvgIpc) is 3.29. The van der Waals surface area contributed by atoms with Crippen molar-refractivity contribution in [1.82, 2.24) is 9.88 Å². The Labute approximate surface area is 185 Å². The molecule has 4 rings (SSSR count). The second kappa shape index (κ2) is 9.02. The van der Waals surface area contributed by atoms with Crippen LogP contribution in [-0.2, 0) is 11.2 Å². The van der Waals surface area contributed by atoms with Crippen LogP contribution in [0.25, 0.3) is 6.08 Å². The van der Waals surface area contributed by atoms with Crippen molar-refractivity contribution < 1.29 is 9.21 Å². The number of hydrogen-bond donors (Lipinski definition) is 0. The van der Waals surface area contributed by atoms with Crippen molar-refractivity contribution >= 4 is 46.2 Å². The van der Waals surface area contributed by atoms with Crippen LogP contribution < -0.4 is 4.90 Å². The van der Waals surface area contributed by atoms with Gasteiger partial charge in [-0.3, -0.25) is 9.69 Å². The third-order valence-corrected chi connectivity index (χ3v) is 6.82. The summed E-state index contributed by atoms with van der Waals surface area (Å²) in [6.07, 6.45) is 4.72. The molecule has 154 valence electrons. The van der Waals surface area contributed by atoms with Crippen LogP contribution >= 0.6 is 24.0 Å². The zero-order chi connectivity index (χ0) is 21.1. The molecule has 2 aliphatic rings. The lowest BCUT2D eigenvalue weighted by Crippen LogP contribution is -2.34. The fourth-order valence-electron chi connectivity index (χ4n) is 3.85. The predicted octanol–water partition coefficient (Wildman–Crippen LogP) is 4.23. The highest BCUT2D eigenvalue weighted by atomic mass is 32.2. The van der Waals surface area contributed by atoms with Crippen LogP contribution in [0.15, 0.2) is 39.7 Å². The van der Waals surface area contributed by atoms with Gasteiger partial charge in [0.25, 0.3) is 5.91 Å². The van der Waals surface area contributed by atoms with Gasteiger partial charge in [0, 0.05) is 25.7 Å². The van der Waals surface area contributed by atoms with Gasteiger partial charge in [-0.25, -0.2) is 0 Å². The Balaban J connectivity index is 1.45. The van der Waals surface area contributed by atoms with Crippen LogP contribution in [-0.4, -0.2) is 39.7 Å². The number of amides is 1. The number of aromatic nitrogens is 1. The topological polar surface area (TPSA) is 73.4 Å². The normalized spacial score (nSPS) is 19.0. The Hall–Kier alpha value is -2.63. The number of oxazole rings is 1. The van der Waals surface area contributed by atoms with E-state index in [0.717, 1.165) is 32.4 Å². The van der Waals surface area contributed by atoms with Gasteiger partial charge in [0.05, 0.1) is 4.91 Å². The van der Waals surface area contributed by atoms with Crippen molar-refractivity contribution in [3.05, 3.63) is 52.4 Å². The zero-order valence-electron chi connectivity index (χ0n) is 16.7. The van der Waals surface area contributed by atoms with Crippen molar-refractivity contribution in [2.75, 3.05) is 24.5 Å². The van der Waals surface area contributed by atoms with Gasteiger partial charge in [-0.15, -0.1) is 0 Å². The number of nitriles is 1. The molecular weight excluding hydrogens is 416 g/mol. The van der Waals surface area contributed by atoms with Gasteiger partial charge in [-0.05, 0) is 37.7 Å². The van der Waals surface area contributed by atoms with Gasteiger partial charge in [0.2, 0.25) is 17.5 Å². The minimum Gasteiger partial charge on any atom is -0.420 e. The van der Waals surface area contributed by atoms with E-state index in [4.69, 9.17) is 16.6 Å². The molecule has 0 saturated carbocycles. The van der Waals surface area contributed by atoms with Crippen LogP contribution in [0.2, 0.25) is 0 Å². The number of hydrogen-bond acceptors (Lipinski definition) is 7. The number of nitrogens with zero attached hydrogens (tertiary/aromatic N) is 4. The summed E-state index contributed by atoms with van der Waals surface area (Å²) in [4.78, 5) is 20.8. The number of carbonyl (C=O) groups is 1. The SMILES string of the molecule is CCN1C(=O)/C(=C\c2nc(C#N)c(N3CCC(Cc4ccccc4)CC3)o2)SC1=S. The summed E-state index contributed by atoms with van der Waals surface area (Å²) >= 11 is 6.47. The highest BCUT2D eigenvalue weighted by Crippen LogP contribution is 2.34. The van der Waals surface area contributed by atoms with E-state index >= 15 is 0 Å².